The van der Waals surface area contributed by atoms with Crippen molar-refractivity contribution in [2.75, 3.05) is 0 Å². The third-order valence-electron chi connectivity index (χ3n) is 9.19. The van der Waals surface area contributed by atoms with Gasteiger partial charge in [-0.3, -0.25) is 9.78 Å². The average Bonchev–Trinajstić information content (AvgIpc) is 3.08. The number of carbonyl (C=O) groups is 1. The molecule has 4 heteroatoms. The Balaban J connectivity index is 1.35. The van der Waals surface area contributed by atoms with Crippen molar-refractivity contribution in [3.8, 4) is 0 Å². The number of allylic oxidation sites excluding steroid dienone is 2. The Morgan fingerprint density at radius 1 is 1.10 bits per heavy atom. The molecule has 4 aliphatic carbocycles. The van der Waals surface area contributed by atoms with Crippen LogP contribution >= 0.6 is 0 Å². The van der Waals surface area contributed by atoms with E-state index in [4.69, 9.17) is 0 Å². The predicted molar refractivity (Wildman–Crippen MR) is 115 cm³/mol. The second-order valence-corrected chi connectivity index (χ2v) is 10.3. The molecule has 1 N–H and O–H groups in total. The number of hydrogen-bond donors (Lipinski definition) is 1. The molecule has 4 nitrogen and oxygen atoms in total. The van der Waals surface area contributed by atoms with E-state index in [1.807, 2.05) is 0 Å². The van der Waals surface area contributed by atoms with Gasteiger partial charge in [0.2, 0.25) is 0 Å². The largest absolute Gasteiger partial charge is 0.271 e. The Morgan fingerprint density at radius 3 is 2.76 bits per heavy atom. The van der Waals surface area contributed by atoms with E-state index in [1.165, 1.54) is 50.7 Å². The van der Waals surface area contributed by atoms with Gasteiger partial charge in [0.15, 0.2) is 0 Å². The van der Waals surface area contributed by atoms with Crippen LogP contribution in [0.4, 0.5) is 0 Å². The molecule has 29 heavy (non-hydrogen) atoms. The minimum atomic E-state index is -0.136. The molecule has 3 saturated carbocycles. The van der Waals surface area contributed by atoms with Gasteiger partial charge in [0.1, 0.15) is 0 Å². The van der Waals surface area contributed by atoms with Crippen molar-refractivity contribution in [2.45, 2.75) is 65.2 Å². The number of nitrogens with zero attached hydrogens (tertiary/aromatic N) is 2. The number of amides is 1. The van der Waals surface area contributed by atoms with Crippen LogP contribution in [0, 0.1) is 34.5 Å². The zero-order valence-electron chi connectivity index (χ0n) is 17.7. The zero-order chi connectivity index (χ0) is 20.1. The van der Waals surface area contributed by atoms with Crippen LogP contribution < -0.4 is 5.43 Å². The maximum Gasteiger partial charge on any atom is 0.271 e. The summed E-state index contributed by atoms with van der Waals surface area (Å²) in [4.78, 5) is 16.4. The molecule has 154 valence electrons. The highest BCUT2D eigenvalue weighted by Crippen LogP contribution is 2.64. The predicted octanol–water partition coefficient (Wildman–Crippen LogP) is 5.38. The Kier molecular flexibility index (Phi) is 4.64. The Labute approximate surface area is 174 Å². The first-order valence-corrected chi connectivity index (χ1v) is 11.4. The minimum absolute atomic E-state index is 0.136. The fourth-order valence-electron chi connectivity index (χ4n) is 7.50. The summed E-state index contributed by atoms with van der Waals surface area (Å²) in [5.74, 6) is 3.15. The summed E-state index contributed by atoms with van der Waals surface area (Å²) in [6.45, 7) is 5.01. The van der Waals surface area contributed by atoms with Crippen LogP contribution in [0.5, 0.6) is 0 Å². The summed E-state index contributed by atoms with van der Waals surface area (Å²) in [6.07, 6.45) is 18.3. The van der Waals surface area contributed by atoms with Crippen molar-refractivity contribution >= 4 is 11.6 Å². The van der Waals surface area contributed by atoms with Crippen LogP contribution in [-0.4, -0.2) is 16.6 Å². The summed E-state index contributed by atoms with van der Waals surface area (Å²) in [6, 6.07) is 3.47. The molecular weight excluding hydrogens is 358 g/mol. The van der Waals surface area contributed by atoms with Crippen molar-refractivity contribution in [1.29, 1.82) is 0 Å². The normalized spacial score (nSPS) is 42.1. The van der Waals surface area contributed by atoms with E-state index in [1.54, 1.807) is 24.5 Å². The van der Waals surface area contributed by atoms with Gasteiger partial charge in [0.25, 0.3) is 5.91 Å². The maximum atomic E-state index is 12.4. The van der Waals surface area contributed by atoms with E-state index in [0.717, 1.165) is 30.1 Å². The number of fused-ring (bicyclic) bond motifs is 5. The molecule has 0 unspecified atom stereocenters. The topological polar surface area (TPSA) is 54.4 Å². The van der Waals surface area contributed by atoms with E-state index < -0.39 is 0 Å². The third-order valence-corrected chi connectivity index (χ3v) is 9.19. The van der Waals surface area contributed by atoms with Crippen molar-refractivity contribution in [2.24, 2.45) is 39.6 Å². The lowest BCUT2D eigenvalue weighted by molar-refractivity contribution is -0.0761. The van der Waals surface area contributed by atoms with Crippen molar-refractivity contribution in [3.05, 3.63) is 42.2 Å². The van der Waals surface area contributed by atoms with E-state index in [0.29, 0.717) is 11.0 Å². The molecule has 1 aromatic heterocycles. The number of nitrogens with one attached hydrogen (secondary N) is 1. The molecule has 5 rings (SSSR count). The molecular formula is C25H33N3O. The second kappa shape index (κ2) is 7.07. The summed E-state index contributed by atoms with van der Waals surface area (Å²) in [5.41, 5.74) is 5.32. The van der Waals surface area contributed by atoms with Gasteiger partial charge in [-0.15, -0.1) is 0 Å². The third kappa shape index (κ3) is 2.98. The van der Waals surface area contributed by atoms with E-state index >= 15 is 0 Å². The minimum Gasteiger partial charge on any atom is -0.267 e. The highest BCUT2D eigenvalue weighted by Gasteiger charge is 2.58. The van der Waals surface area contributed by atoms with Crippen LogP contribution in [0.25, 0.3) is 0 Å². The highest BCUT2D eigenvalue weighted by atomic mass is 16.2. The fraction of sp³-hybridized carbons (Fsp3) is 0.640. The smallest absolute Gasteiger partial charge is 0.267 e. The van der Waals surface area contributed by atoms with E-state index in [9.17, 15) is 4.79 Å². The molecule has 0 spiro atoms. The van der Waals surface area contributed by atoms with Gasteiger partial charge >= 0.3 is 0 Å². The van der Waals surface area contributed by atoms with Gasteiger partial charge in [-0.1, -0.05) is 26.0 Å². The van der Waals surface area contributed by atoms with Gasteiger partial charge in [0, 0.05) is 29.1 Å². The van der Waals surface area contributed by atoms with Gasteiger partial charge in [-0.25, -0.2) is 5.43 Å². The van der Waals surface area contributed by atoms with E-state index in [2.05, 4.69) is 41.5 Å². The second-order valence-electron chi connectivity index (χ2n) is 10.3. The lowest BCUT2D eigenvalue weighted by Gasteiger charge is -2.59. The molecule has 3 fully saturated rings. The molecule has 0 aromatic carbocycles. The monoisotopic (exact) mass is 391 g/mol. The van der Waals surface area contributed by atoms with E-state index in [-0.39, 0.29) is 11.3 Å². The van der Waals surface area contributed by atoms with Crippen LogP contribution in [0.15, 0.2) is 41.8 Å². The first-order valence-electron chi connectivity index (χ1n) is 11.4. The number of carbonyl (C=O) groups excluding carboxylic acids is 1. The SMILES string of the molecule is C[C@]12CC=CC[C@@H]1CC[C@H]1[C@@H]2CC[C@]2(C)/C(=N\NC(=O)c3ccncc3)CC[C@@H]12. The number of hydrazone groups is 1. The number of pyridine rings is 1. The first kappa shape index (κ1) is 19.0. The standard InChI is InChI=1S/C25H33N3O/c1-24-13-4-3-5-18(24)6-7-19-20-8-9-22(25(20,2)14-10-21(19)24)27-28-23(29)17-11-15-26-16-12-17/h3-4,11-12,15-16,18-21H,5-10,13-14H2,1-2H3,(H,28,29)/b27-22-/t18-,19-,20+,21+,24+,25+/m1/s1. The van der Waals surface area contributed by atoms with Crippen molar-refractivity contribution < 1.29 is 4.79 Å². The number of aromatic nitrogens is 1. The Bertz CT molecular complexity index is 847. The van der Waals surface area contributed by atoms with Crippen molar-refractivity contribution in [3.63, 3.8) is 0 Å². The summed E-state index contributed by atoms with van der Waals surface area (Å²) >= 11 is 0. The van der Waals surface area contributed by atoms with Crippen molar-refractivity contribution in [1.82, 2.24) is 10.4 Å². The average molecular weight is 392 g/mol. The van der Waals surface area contributed by atoms with Gasteiger partial charge < -0.3 is 0 Å². The molecule has 6 atom stereocenters. The van der Waals surface area contributed by atoms with Gasteiger partial charge in [0.05, 0.1) is 0 Å². The highest BCUT2D eigenvalue weighted by molar-refractivity contribution is 5.97. The zero-order valence-corrected chi connectivity index (χ0v) is 17.7. The quantitative estimate of drug-likeness (QED) is 0.544. The lowest BCUT2D eigenvalue weighted by atomic mass is 9.46. The molecule has 4 aliphatic rings. The first-order chi connectivity index (χ1) is 14.0. The Hall–Kier alpha value is -1.97. The molecule has 1 heterocycles. The maximum absolute atomic E-state index is 12.4. The molecule has 1 aromatic rings. The molecule has 0 saturated heterocycles. The van der Waals surface area contributed by atoms with Gasteiger partial charge in [-0.05, 0) is 92.6 Å². The summed E-state index contributed by atoms with van der Waals surface area (Å²) < 4.78 is 0. The molecule has 0 radical (unpaired) electrons. The Morgan fingerprint density at radius 2 is 1.93 bits per heavy atom. The molecule has 0 aliphatic heterocycles. The van der Waals surface area contributed by atoms with Crippen LogP contribution in [0.1, 0.15) is 75.6 Å². The summed E-state index contributed by atoms with van der Waals surface area (Å²) in [5, 5.41) is 4.68. The summed E-state index contributed by atoms with van der Waals surface area (Å²) in [7, 11) is 0. The van der Waals surface area contributed by atoms with Crippen LogP contribution in [-0.2, 0) is 0 Å². The number of hydrogen-bond acceptors (Lipinski definition) is 3. The molecule has 0 bridgehead atoms. The van der Waals surface area contributed by atoms with Crippen LogP contribution in [0.2, 0.25) is 0 Å². The molecule has 1 amide bonds. The number of rotatable bonds is 2. The fourth-order valence-corrected chi connectivity index (χ4v) is 7.50. The van der Waals surface area contributed by atoms with Crippen LogP contribution in [0.3, 0.4) is 0 Å². The lowest BCUT2D eigenvalue weighted by Crippen LogP contribution is -2.52. The van der Waals surface area contributed by atoms with Gasteiger partial charge in [-0.2, -0.15) is 5.10 Å².